The summed E-state index contributed by atoms with van der Waals surface area (Å²) in [5, 5.41) is 10.5. The number of sulfonamides is 1. The first-order valence-corrected chi connectivity index (χ1v) is 9.06. The number of nitrogens with two attached hydrogens (primary N) is 1. The predicted molar refractivity (Wildman–Crippen MR) is 97.2 cm³/mol. The summed E-state index contributed by atoms with van der Waals surface area (Å²) in [6.45, 7) is 0. The molecule has 2 amide bonds. The molecule has 3 N–H and O–H groups in total. The van der Waals surface area contributed by atoms with E-state index in [0.29, 0.717) is 0 Å². The fourth-order valence-electron chi connectivity index (χ4n) is 2.14. The van der Waals surface area contributed by atoms with E-state index in [-0.39, 0.29) is 21.4 Å². The number of amides is 2. The Labute approximate surface area is 155 Å². The van der Waals surface area contributed by atoms with Crippen molar-refractivity contribution in [2.75, 3.05) is 19.0 Å². The summed E-state index contributed by atoms with van der Waals surface area (Å²) in [5.41, 5.74) is 5.44. The van der Waals surface area contributed by atoms with Crippen LogP contribution < -0.4 is 10.6 Å². The molecule has 7 nitrogen and oxygen atoms in total. The highest BCUT2D eigenvalue weighted by Gasteiger charge is 2.30. The van der Waals surface area contributed by atoms with Gasteiger partial charge in [-0.05, 0) is 24.3 Å². The predicted octanol–water partition coefficient (Wildman–Crippen LogP) is 3.17. The first-order chi connectivity index (χ1) is 11.6. The molecule has 0 radical (unpaired) electrons. The number of aromatic hydroxyl groups is 1. The van der Waals surface area contributed by atoms with Crippen LogP contribution >= 0.6 is 23.2 Å². The van der Waals surface area contributed by atoms with Gasteiger partial charge in [-0.3, -0.25) is 4.90 Å². The molecule has 0 saturated heterocycles. The molecule has 25 heavy (non-hydrogen) atoms. The second-order valence-corrected chi connectivity index (χ2v) is 8.06. The van der Waals surface area contributed by atoms with Crippen LogP contribution in [-0.4, -0.2) is 38.0 Å². The minimum absolute atomic E-state index is 0.162. The molecule has 0 aliphatic carbocycles. The van der Waals surface area contributed by atoms with Crippen molar-refractivity contribution in [3.8, 4) is 5.75 Å². The number of rotatable bonds is 4. The number of hydrogen-bond acceptors (Lipinski definition) is 4. The highest BCUT2D eigenvalue weighted by Crippen LogP contribution is 2.43. The Bertz CT molecular complexity index is 932. The average molecular weight is 404 g/mol. The van der Waals surface area contributed by atoms with Crippen LogP contribution in [-0.2, 0) is 10.0 Å². The topological polar surface area (TPSA) is 104 Å². The molecule has 0 atom stereocenters. The van der Waals surface area contributed by atoms with Crippen molar-refractivity contribution < 1.29 is 18.3 Å². The number of benzene rings is 2. The molecule has 0 heterocycles. The smallest absolute Gasteiger partial charge is 0.324 e. The van der Waals surface area contributed by atoms with E-state index >= 15 is 0 Å². The third-order valence-electron chi connectivity index (χ3n) is 3.36. The van der Waals surface area contributed by atoms with E-state index in [1.807, 2.05) is 0 Å². The first-order valence-electron chi connectivity index (χ1n) is 6.87. The summed E-state index contributed by atoms with van der Waals surface area (Å²) in [7, 11) is -1.49. The summed E-state index contributed by atoms with van der Waals surface area (Å²) >= 11 is 12.1. The number of nitrogens with zero attached hydrogens (tertiary/aromatic N) is 2. The van der Waals surface area contributed by atoms with Gasteiger partial charge < -0.3 is 10.8 Å². The standard InChI is InChI=1S/C15H15Cl2N3O4S/c1-19(2)25(23,24)14-10(17)7-8-12(13(14)21)20(15(18)22)11-6-4-3-5-9(11)16/h3-8,21H,1-2H3,(H2,18,22). The van der Waals surface area contributed by atoms with Crippen LogP contribution in [0.3, 0.4) is 0 Å². The van der Waals surface area contributed by atoms with E-state index in [9.17, 15) is 18.3 Å². The Kier molecular flexibility index (Phi) is 5.48. The van der Waals surface area contributed by atoms with Gasteiger partial charge in [-0.2, -0.15) is 0 Å². The number of carbonyl (C=O) groups is 1. The minimum Gasteiger partial charge on any atom is -0.504 e. The zero-order valence-corrected chi connectivity index (χ0v) is 15.6. The number of para-hydroxylation sites is 1. The van der Waals surface area contributed by atoms with Gasteiger partial charge in [0, 0.05) is 14.1 Å². The van der Waals surface area contributed by atoms with Gasteiger partial charge in [-0.15, -0.1) is 0 Å². The van der Waals surface area contributed by atoms with E-state index < -0.39 is 26.7 Å². The summed E-state index contributed by atoms with van der Waals surface area (Å²) in [6.07, 6.45) is 0. The van der Waals surface area contributed by atoms with Crippen molar-refractivity contribution in [2.45, 2.75) is 4.90 Å². The largest absolute Gasteiger partial charge is 0.504 e. The lowest BCUT2D eigenvalue weighted by Gasteiger charge is -2.24. The summed E-state index contributed by atoms with van der Waals surface area (Å²) in [4.78, 5) is 12.3. The van der Waals surface area contributed by atoms with Gasteiger partial charge in [0.1, 0.15) is 4.90 Å². The third kappa shape index (κ3) is 3.52. The van der Waals surface area contributed by atoms with Gasteiger partial charge in [0.2, 0.25) is 10.0 Å². The summed E-state index contributed by atoms with van der Waals surface area (Å²) in [6, 6.07) is 7.86. The maximum Gasteiger partial charge on any atom is 0.324 e. The lowest BCUT2D eigenvalue weighted by atomic mass is 10.2. The zero-order valence-electron chi connectivity index (χ0n) is 13.3. The van der Waals surface area contributed by atoms with Crippen LogP contribution in [0.1, 0.15) is 0 Å². The maximum atomic E-state index is 12.4. The molecule has 0 spiro atoms. The number of phenolic OH excluding ortho intramolecular Hbond substituents is 1. The number of halogens is 2. The fraction of sp³-hybridized carbons (Fsp3) is 0.133. The highest BCUT2D eigenvalue weighted by molar-refractivity contribution is 7.89. The zero-order chi connectivity index (χ0) is 18.9. The molecule has 0 fully saturated rings. The molecule has 0 aromatic heterocycles. The van der Waals surface area contributed by atoms with E-state index in [1.54, 1.807) is 12.1 Å². The Morgan fingerprint density at radius 1 is 1.04 bits per heavy atom. The van der Waals surface area contributed by atoms with Gasteiger partial charge in [-0.1, -0.05) is 35.3 Å². The second kappa shape index (κ2) is 7.09. The molecular formula is C15H15Cl2N3O4S. The number of phenols is 1. The van der Waals surface area contributed by atoms with Gasteiger partial charge in [0.15, 0.2) is 5.75 Å². The second-order valence-electron chi connectivity index (χ2n) is 5.16. The van der Waals surface area contributed by atoms with E-state index in [0.717, 1.165) is 9.21 Å². The minimum atomic E-state index is -4.07. The van der Waals surface area contributed by atoms with Crippen LogP contribution in [0.25, 0.3) is 0 Å². The molecule has 10 heteroatoms. The Hall–Kier alpha value is -2.00. The van der Waals surface area contributed by atoms with Crippen molar-refractivity contribution in [3.05, 3.63) is 46.4 Å². The Morgan fingerprint density at radius 2 is 1.64 bits per heavy atom. The van der Waals surface area contributed by atoms with Gasteiger partial charge in [0.25, 0.3) is 0 Å². The van der Waals surface area contributed by atoms with Crippen LogP contribution in [0.2, 0.25) is 10.0 Å². The Balaban J connectivity index is 2.78. The molecule has 0 unspecified atom stereocenters. The molecule has 134 valence electrons. The van der Waals surface area contributed by atoms with Crippen LogP contribution in [0.15, 0.2) is 41.3 Å². The van der Waals surface area contributed by atoms with Crippen LogP contribution in [0, 0.1) is 0 Å². The van der Waals surface area contributed by atoms with Crippen molar-refractivity contribution in [3.63, 3.8) is 0 Å². The number of urea groups is 1. The molecule has 0 saturated carbocycles. The highest BCUT2D eigenvalue weighted by atomic mass is 35.5. The molecular weight excluding hydrogens is 389 g/mol. The average Bonchev–Trinajstić information content (AvgIpc) is 2.51. The van der Waals surface area contributed by atoms with Gasteiger partial charge in [0.05, 0.1) is 21.4 Å². The summed E-state index contributed by atoms with van der Waals surface area (Å²) < 4.78 is 25.8. The molecule has 2 aromatic carbocycles. The van der Waals surface area contributed by atoms with Crippen LogP contribution in [0.4, 0.5) is 16.2 Å². The number of hydrogen-bond donors (Lipinski definition) is 2. The van der Waals surface area contributed by atoms with Gasteiger partial charge >= 0.3 is 6.03 Å². The van der Waals surface area contributed by atoms with Crippen molar-refractivity contribution in [2.24, 2.45) is 5.73 Å². The van der Waals surface area contributed by atoms with Crippen LogP contribution in [0.5, 0.6) is 5.75 Å². The Morgan fingerprint density at radius 3 is 2.16 bits per heavy atom. The van der Waals surface area contributed by atoms with E-state index in [4.69, 9.17) is 28.9 Å². The van der Waals surface area contributed by atoms with Gasteiger partial charge in [-0.25, -0.2) is 17.5 Å². The lowest BCUT2D eigenvalue weighted by molar-refractivity contribution is 0.256. The maximum absolute atomic E-state index is 12.4. The summed E-state index contributed by atoms with van der Waals surface area (Å²) in [5.74, 6) is -0.708. The lowest BCUT2D eigenvalue weighted by Crippen LogP contribution is -2.32. The normalized spacial score (nSPS) is 11.6. The number of anilines is 2. The monoisotopic (exact) mass is 403 g/mol. The third-order valence-corrected chi connectivity index (χ3v) is 5.99. The molecule has 0 aliphatic heterocycles. The number of primary amides is 1. The molecule has 2 aromatic rings. The quantitative estimate of drug-likeness (QED) is 0.817. The molecule has 2 rings (SSSR count). The van der Waals surface area contributed by atoms with E-state index in [2.05, 4.69) is 0 Å². The first kappa shape index (κ1) is 19.3. The number of carbonyl (C=O) groups excluding carboxylic acids is 1. The van der Waals surface area contributed by atoms with Crippen molar-refractivity contribution >= 4 is 50.6 Å². The fourth-order valence-corrected chi connectivity index (χ4v) is 3.84. The molecule has 0 bridgehead atoms. The van der Waals surface area contributed by atoms with E-state index in [1.165, 1.54) is 38.4 Å². The van der Waals surface area contributed by atoms with Crippen molar-refractivity contribution in [1.29, 1.82) is 0 Å². The SMILES string of the molecule is CN(C)S(=O)(=O)c1c(Cl)ccc(N(C(N)=O)c2ccccc2Cl)c1O. The van der Waals surface area contributed by atoms with Crippen molar-refractivity contribution in [1.82, 2.24) is 4.31 Å². The molecule has 0 aliphatic rings.